The van der Waals surface area contributed by atoms with Gasteiger partial charge in [0.2, 0.25) is 0 Å². The average Bonchev–Trinajstić information content (AvgIpc) is 2.24. The average molecular weight is 209 g/mol. The van der Waals surface area contributed by atoms with Gasteiger partial charge in [0, 0.05) is 12.1 Å². The molecular weight excluding hydrogens is 196 g/mol. The summed E-state index contributed by atoms with van der Waals surface area (Å²) in [5, 5.41) is 2.96. The largest absolute Gasteiger partial charge is 0.299 e. The molecule has 1 rings (SSSR count). The molecule has 0 aliphatic rings. The van der Waals surface area contributed by atoms with Crippen molar-refractivity contribution in [3.8, 4) is 12.3 Å². The predicted molar refractivity (Wildman–Crippen MR) is 56.1 cm³/mol. The fraction of sp³-hybridized carbons (Fsp3) is 0.333. The van der Waals surface area contributed by atoms with Crippen molar-refractivity contribution < 1.29 is 8.78 Å². The number of benzene rings is 1. The fourth-order valence-electron chi connectivity index (χ4n) is 1.23. The van der Waals surface area contributed by atoms with E-state index in [0.29, 0.717) is 5.56 Å². The SMILES string of the molecule is C#CC(CC)NCc1cc(F)ccc1F. The van der Waals surface area contributed by atoms with Crippen LogP contribution < -0.4 is 5.32 Å². The van der Waals surface area contributed by atoms with Crippen molar-refractivity contribution in [3.63, 3.8) is 0 Å². The topological polar surface area (TPSA) is 12.0 Å². The van der Waals surface area contributed by atoms with Crippen LogP contribution in [-0.4, -0.2) is 6.04 Å². The number of hydrogen-bond donors (Lipinski definition) is 1. The van der Waals surface area contributed by atoms with Crippen molar-refractivity contribution in [2.24, 2.45) is 0 Å². The molecule has 0 aromatic heterocycles. The van der Waals surface area contributed by atoms with Gasteiger partial charge < -0.3 is 0 Å². The highest BCUT2D eigenvalue weighted by atomic mass is 19.1. The highest BCUT2D eigenvalue weighted by Gasteiger charge is 2.06. The van der Waals surface area contributed by atoms with E-state index in [1.807, 2.05) is 6.92 Å². The predicted octanol–water partition coefficient (Wildman–Crippen LogP) is 2.47. The Morgan fingerprint density at radius 3 is 2.80 bits per heavy atom. The van der Waals surface area contributed by atoms with Gasteiger partial charge in [-0.1, -0.05) is 12.8 Å². The molecular formula is C12H13F2N. The van der Waals surface area contributed by atoms with Gasteiger partial charge in [0.25, 0.3) is 0 Å². The molecule has 0 radical (unpaired) electrons. The van der Waals surface area contributed by atoms with Gasteiger partial charge in [0.15, 0.2) is 0 Å². The molecule has 0 spiro atoms. The van der Waals surface area contributed by atoms with E-state index < -0.39 is 11.6 Å². The normalized spacial score (nSPS) is 12.1. The van der Waals surface area contributed by atoms with Crippen molar-refractivity contribution >= 4 is 0 Å². The van der Waals surface area contributed by atoms with E-state index in [4.69, 9.17) is 6.42 Å². The first-order valence-electron chi connectivity index (χ1n) is 4.80. The summed E-state index contributed by atoms with van der Waals surface area (Å²) < 4.78 is 26.0. The Morgan fingerprint density at radius 2 is 2.20 bits per heavy atom. The monoisotopic (exact) mass is 209 g/mol. The van der Waals surface area contributed by atoms with Crippen LogP contribution in [0.4, 0.5) is 8.78 Å². The van der Waals surface area contributed by atoms with Crippen LogP contribution in [0.3, 0.4) is 0 Å². The minimum absolute atomic E-state index is 0.104. The number of halogens is 2. The second kappa shape index (κ2) is 5.47. The molecule has 1 aromatic rings. The summed E-state index contributed by atoms with van der Waals surface area (Å²) in [6, 6.07) is 3.28. The first-order chi connectivity index (χ1) is 7.17. The molecule has 0 saturated carbocycles. The van der Waals surface area contributed by atoms with Crippen LogP contribution in [-0.2, 0) is 6.54 Å². The molecule has 0 heterocycles. The molecule has 1 unspecified atom stereocenters. The number of nitrogens with one attached hydrogen (secondary N) is 1. The first kappa shape index (κ1) is 11.7. The second-order valence-electron chi connectivity index (χ2n) is 3.24. The summed E-state index contributed by atoms with van der Waals surface area (Å²) in [5.74, 6) is 1.67. The van der Waals surface area contributed by atoms with Crippen LogP contribution >= 0.6 is 0 Å². The lowest BCUT2D eigenvalue weighted by Gasteiger charge is -2.10. The van der Waals surface area contributed by atoms with Gasteiger partial charge in [-0.3, -0.25) is 5.32 Å². The molecule has 0 saturated heterocycles. The summed E-state index contributed by atoms with van der Waals surface area (Å²) in [6.07, 6.45) is 5.99. The van der Waals surface area contributed by atoms with Crippen molar-refractivity contribution in [2.75, 3.05) is 0 Å². The van der Waals surface area contributed by atoms with E-state index in [2.05, 4.69) is 11.2 Å². The summed E-state index contributed by atoms with van der Waals surface area (Å²) in [6.45, 7) is 2.17. The smallest absolute Gasteiger partial charge is 0.127 e. The molecule has 15 heavy (non-hydrogen) atoms. The Hall–Kier alpha value is -1.40. The Bertz CT molecular complexity index is 368. The van der Waals surface area contributed by atoms with E-state index in [-0.39, 0.29) is 12.6 Å². The molecule has 0 bridgehead atoms. The molecule has 1 aromatic carbocycles. The summed E-state index contributed by atoms with van der Waals surface area (Å²) in [7, 11) is 0. The minimum Gasteiger partial charge on any atom is -0.299 e. The third-order valence-corrected chi connectivity index (χ3v) is 2.16. The Labute approximate surface area is 88.5 Å². The van der Waals surface area contributed by atoms with Gasteiger partial charge in [0.1, 0.15) is 11.6 Å². The summed E-state index contributed by atoms with van der Waals surface area (Å²) in [4.78, 5) is 0. The molecule has 0 fully saturated rings. The number of terminal acetylenes is 1. The van der Waals surface area contributed by atoms with E-state index in [9.17, 15) is 8.78 Å². The zero-order valence-corrected chi connectivity index (χ0v) is 8.56. The summed E-state index contributed by atoms with van der Waals surface area (Å²) in [5.41, 5.74) is 0.295. The van der Waals surface area contributed by atoms with Crippen LogP contribution in [0.5, 0.6) is 0 Å². The van der Waals surface area contributed by atoms with Crippen molar-refractivity contribution in [1.29, 1.82) is 0 Å². The van der Waals surface area contributed by atoms with Crippen LogP contribution in [0.2, 0.25) is 0 Å². The van der Waals surface area contributed by atoms with Gasteiger partial charge in [-0.15, -0.1) is 6.42 Å². The van der Waals surface area contributed by atoms with Gasteiger partial charge in [-0.05, 0) is 24.6 Å². The highest BCUT2D eigenvalue weighted by molar-refractivity contribution is 5.19. The fourth-order valence-corrected chi connectivity index (χ4v) is 1.23. The molecule has 1 atom stereocenters. The van der Waals surface area contributed by atoms with E-state index in [1.54, 1.807) is 0 Å². The highest BCUT2D eigenvalue weighted by Crippen LogP contribution is 2.09. The minimum atomic E-state index is -0.443. The Balaban J connectivity index is 2.65. The second-order valence-corrected chi connectivity index (χ2v) is 3.24. The van der Waals surface area contributed by atoms with E-state index in [0.717, 1.165) is 18.6 Å². The maximum absolute atomic E-state index is 13.2. The molecule has 1 nitrogen and oxygen atoms in total. The zero-order chi connectivity index (χ0) is 11.3. The molecule has 0 aliphatic carbocycles. The van der Waals surface area contributed by atoms with Crippen LogP contribution in [0, 0.1) is 24.0 Å². The van der Waals surface area contributed by atoms with Gasteiger partial charge in [0.05, 0.1) is 6.04 Å². The molecule has 1 N–H and O–H groups in total. The molecule has 3 heteroatoms. The van der Waals surface area contributed by atoms with Crippen LogP contribution in [0.1, 0.15) is 18.9 Å². The molecule has 0 aliphatic heterocycles. The quantitative estimate of drug-likeness (QED) is 0.751. The van der Waals surface area contributed by atoms with E-state index >= 15 is 0 Å². The molecule has 80 valence electrons. The van der Waals surface area contributed by atoms with Crippen molar-refractivity contribution in [1.82, 2.24) is 5.32 Å². The first-order valence-corrected chi connectivity index (χ1v) is 4.80. The van der Waals surface area contributed by atoms with Crippen molar-refractivity contribution in [2.45, 2.75) is 25.9 Å². The van der Waals surface area contributed by atoms with Gasteiger partial charge in [-0.25, -0.2) is 8.78 Å². The van der Waals surface area contributed by atoms with E-state index in [1.165, 1.54) is 6.07 Å². The number of hydrogen-bond acceptors (Lipinski definition) is 1. The Morgan fingerprint density at radius 1 is 1.47 bits per heavy atom. The third-order valence-electron chi connectivity index (χ3n) is 2.16. The van der Waals surface area contributed by atoms with Gasteiger partial charge in [-0.2, -0.15) is 0 Å². The number of rotatable bonds is 4. The lowest BCUT2D eigenvalue weighted by Crippen LogP contribution is -2.26. The van der Waals surface area contributed by atoms with Crippen LogP contribution in [0.25, 0.3) is 0 Å². The summed E-state index contributed by atoms with van der Waals surface area (Å²) >= 11 is 0. The van der Waals surface area contributed by atoms with Gasteiger partial charge >= 0.3 is 0 Å². The van der Waals surface area contributed by atoms with Crippen LogP contribution in [0.15, 0.2) is 18.2 Å². The molecule has 0 amide bonds. The Kier molecular flexibility index (Phi) is 4.26. The maximum atomic E-state index is 13.2. The third kappa shape index (κ3) is 3.34. The standard InChI is InChI=1S/C12H13F2N/c1-3-11(4-2)15-8-9-7-10(13)5-6-12(9)14/h1,5-7,11,15H,4,8H2,2H3. The zero-order valence-electron chi connectivity index (χ0n) is 8.56. The lowest BCUT2D eigenvalue weighted by molar-refractivity contribution is 0.545. The van der Waals surface area contributed by atoms with Crippen molar-refractivity contribution in [3.05, 3.63) is 35.4 Å². The lowest BCUT2D eigenvalue weighted by atomic mass is 10.1. The maximum Gasteiger partial charge on any atom is 0.127 e.